The zero-order chi connectivity index (χ0) is 12.5. The fourth-order valence-corrected chi connectivity index (χ4v) is 2.32. The zero-order valence-corrected chi connectivity index (χ0v) is 10.8. The van der Waals surface area contributed by atoms with Crippen LogP contribution < -0.4 is 0 Å². The molecule has 0 amide bonds. The Kier molecular flexibility index (Phi) is 2.77. The smallest absolute Gasteiger partial charge is 0.0895 e. The first kappa shape index (κ1) is 11.2. The molecule has 0 saturated heterocycles. The molecular weight excluding hydrogens is 242 g/mol. The molecule has 3 rings (SSSR count). The van der Waals surface area contributed by atoms with Crippen LogP contribution in [0.1, 0.15) is 5.56 Å². The fourth-order valence-electron chi connectivity index (χ4n) is 2.05. The molecule has 1 aromatic heterocycles. The zero-order valence-electron chi connectivity index (χ0n) is 10.0. The van der Waals surface area contributed by atoms with Crippen molar-refractivity contribution in [3.05, 3.63) is 65.2 Å². The van der Waals surface area contributed by atoms with Crippen LogP contribution in [0.25, 0.3) is 22.2 Å². The predicted octanol–water partition coefficient (Wildman–Crippen LogP) is 4.86. The fraction of sp³-hybridized carbons (Fsp3) is 0.0625. The van der Waals surface area contributed by atoms with Crippen LogP contribution in [0.3, 0.4) is 0 Å². The van der Waals surface area contributed by atoms with Gasteiger partial charge in [-0.25, -0.2) is 4.98 Å². The van der Waals surface area contributed by atoms with Crippen molar-refractivity contribution in [3.8, 4) is 11.3 Å². The first-order valence-electron chi connectivity index (χ1n) is 5.86. The molecule has 0 aliphatic heterocycles. The largest absolute Gasteiger partial charge is 0.246 e. The summed E-state index contributed by atoms with van der Waals surface area (Å²) in [6.07, 6.45) is 0. The van der Waals surface area contributed by atoms with Crippen LogP contribution in [0.15, 0.2) is 54.6 Å². The van der Waals surface area contributed by atoms with Crippen LogP contribution >= 0.6 is 11.6 Å². The number of halogens is 1. The SMILES string of the molecule is Cc1ccc2cc(Cl)c(-c3ccccc3)nc2c1. The molecule has 88 valence electrons. The molecule has 0 aliphatic carbocycles. The summed E-state index contributed by atoms with van der Waals surface area (Å²) in [5, 5.41) is 1.77. The van der Waals surface area contributed by atoms with Gasteiger partial charge in [0, 0.05) is 10.9 Å². The van der Waals surface area contributed by atoms with Crippen molar-refractivity contribution in [2.45, 2.75) is 6.92 Å². The van der Waals surface area contributed by atoms with Crippen molar-refractivity contribution in [1.82, 2.24) is 4.98 Å². The highest BCUT2D eigenvalue weighted by molar-refractivity contribution is 6.33. The Bertz CT molecular complexity index is 705. The number of hydrogen-bond acceptors (Lipinski definition) is 1. The Hall–Kier alpha value is -1.86. The Morgan fingerprint density at radius 1 is 0.944 bits per heavy atom. The van der Waals surface area contributed by atoms with Crippen LogP contribution in [-0.4, -0.2) is 4.98 Å². The summed E-state index contributed by atoms with van der Waals surface area (Å²) in [6, 6.07) is 18.2. The van der Waals surface area contributed by atoms with Crippen molar-refractivity contribution < 1.29 is 0 Å². The van der Waals surface area contributed by atoms with Gasteiger partial charge in [0.25, 0.3) is 0 Å². The number of aryl methyl sites for hydroxylation is 1. The maximum Gasteiger partial charge on any atom is 0.0895 e. The van der Waals surface area contributed by atoms with E-state index in [-0.39, 0.29) is 0 Å². The van der Waals surface area contributed by atoms with Crippen LogP contribution in [-0.2, 0) is 0 Å². The van der Waals surface area contributed by atoms with Gasteiger partial charge in [0.15, 0.2) is 0 Å². The van der Waals surface area contributed by atoms with Gasteiger partial charge in [-0.15, -0.1) is 0 Å². The third-order valence-electron chi connectivity index (χ3n) is 2.97. The maximum atomic E-state index is 6.32. The summed E-state index contributed by atoms with van der Waals surface area (Å²) in [6.45, 7) is 2.07. The summed E-state index contributed by atoms with van der Waals surface area (Å²) in [7, 11) is 0. The van der Waals surface area contributed by atoms with Crippen molar-refractivity contribution in [2.24, 2.45) is 0 Å². The van der Waals surface area contributed by atoms with Crippen molar-refractivity contribution in [3.63, 3.8) is 0 Å². The summed E-state index contributed by atoms with van der Waals surface area (Å²) >= 11 is 6.32. The number of aromatic nitrogens is 1. The predicted molar refractivity (Wildman–Crippen MR) is 76.9 cm³/mol. The number of hydrogen-bond donors (Lipinski definition) is 0. The van der Waals surface area contributed by atoms with E-state index in [9.17, 15) is 0 Å². The lowest BCUT2D eigenvalue weighted by Gasteiger charge is -2.06. The molecule has 1 heterocycles. The molecule has 0 fully saturated rings. The van der Waals surface area contributed by atoms with Gasteiger partial charge in [0.2, 0.25) is 0 Å². The highest BCUT2D eigenvalue weighted by Crippen LogP contribution is 2.29. The summed E-state index contributed by atoms with van der Waals surface area (Å²) in [5.41, 5.74) is 4.08. The molecule has 0 atom stereocenters. The number of fused-ring (bicyclic) bond motifs is 1. The first-order chi connectivity index (χ1) is 8.74. The molecule has 2 aromatic carbocycles. The molecule has 2 heteroatoms. The Labute approximate surface area is 111 Å². The highest BCUT2D eigenvalue weighted by atomic mass is 35.5. The van der Waals surface area contributed by atoms with Crippen LogP contribution in [0.2, 0.25) is 5.02 Å². The second-order valence-electron chi connectivity index (χ2n) is 4.38. The van der Waals surface area contributed by atoms with Gasteiger partial charge in [0.05, 0.1) is 16.2 Å². The minimum absolute atomic E-state index is 0.692. The summed E-state index contributed by atoms with van der Waals surface area (Å²) in [4.78, 5) is 4.67. The first-order valence-corrected chi connectivity index (χ1v) is 6.24. The van der Waals surface area contributed by atoms with Gasteiger partial charge in [-0.05, 0) is 24.6 Å². The standard InChI is InChI=1S/C16H12ClN/c1-11-7-8-13-10-14(17)16(18-15(13)9-11)12-5-3-2-4-6-12/h2-10H,1H3. The van der Waals surface area contributed by atoms with E-state index >= 15 is 0 Å². The van der Waals surface area contributed by atoms with Crippen molar-refractivity contribution in [2.75, 3.05) is 0 Å². The molecule has 0 unspecified atom stereocenters. The van der Waals surface area contributed by atoms with Crippen molar-refractivity contribution >= 4 is 22.5 Å². The molecule has 0 saturated carbocycles. The van der Waals surface area contributed by atoms with Gasteiger partial charge in [0.1, 0.15) is 0 Å². The van der Waals surface area contributed by atoms with Gasteiger partial charge >= 0.3 is 0 Å². The topological polar surface area (TPSA) is 12.9 Å². The van der Waals surface area contributed by atoms with E-state index in [0.717, 1.165) is 22.2 Å². The monoisotopic (exact) mass is 253 g/mol. The number of pyridine rings is 1. The molecule has 0 aliphatic rings. The van der Waals surface area contributed by atoms with E-state index in [2.05, 4.69) is 30.1 Å². The van der Waals surface area contributed by atoms with E-state index < -0.39 is 0 Å². The highest BCUT2D eigenvalue weighted by Gasteiger charge is 2.07. The Morgan fingerprint density at radius 3 is 2.50 bits per heavy atom. The summed E-state index contributed by atoms with van der Waals surface area (Å²) in [5.74, 6) is 0. The second-order valence-corrected chi connectivity index (χ2v) is 4.79. The van der Waals surface area contributed by atoms with Gasteiger partial charge in [-0.1, -0.05) is 54.1 Å². The average molecular weight is 254 g/mol. The quantitative estimate of drug-likeness (QED) is 0.603. The van der Waals surface area contributed by atoms with Gasteiger partial charge in [-0.3, -0.25) is 0 Å². The third kappa shape index (κ3) is 1.98. The van der Waals surface area contributed by atoms with Crippen LogP contribution in [0.4, 0.5) is 0 Å². The van der Waals surface area contributed by atoms with Crippen LogP contribution in [0.5, 0.6) is 0 Å². The lowest BCUT2D eigenvalue weighted by Crippen LogP contribution is -1.87. The van der Waals surface area contributed by atoms with E-state index in [4.69, 9.17) is 11.6 Å². The van der Waals surface area contributed by atoms with Crippen LogP contribution in [0, 0.1) is 6.92 Å². The van der Waals surface area contributed by atoms with E-state index in [1.807, 2.05) is 36.4 Å². The molecule has 0 bridgehead atoms. The Morgan fingerprint density at radius 2 is 1.72 bits per heavy atom. The lowest BCUT2D eigenvalue weighted by molar-refractivity contribution is 1.38. The Balaban J connectivity index is 2.27. The number of benzene rings is 2. The maximum absolute atomic E-state index is 6.32. The molecule has 0 N–H and O–H groups in total. The minimum Gasteiger partial charge on any atom is -0.246 e. The number of nitrogens with zero attached hydrogens (tertiary/aromatic N) is 1. The molecule has 0 radical (unpaired) electrons. The third-order valence-corrected chi connectivity index (χ3v) is 3.26. The van der Waals surface area contributed by atoms with E-state index in [0.29, 0.717) is 5.02 Å². The number of rotatable bonds is 1. The molecule has 0 spiro atoms. The average Bonchev–Trinajstić information content (AvgIpc) is 2.39. The van der Waals surface area contributed by atoms with Gasteiger partial charge < -0.3 is 0 Å². The molecule has 3 aromatic rings. The van der Waals surface area contributed by atoms with E-state index in [1.165, 1.54) is 5.56 Å². The normalized spacial score (nSPS) is 10.8. The van der Waals surface area contributed by atoms with E-state index in [1.54, 1.807) is 0 Å². The lowest BCUT2D eigenvalue weighted by atomic mass is 10.1. The second kappa shape index (κ2) is 4.43. The minimum atomic E-state index is 0.692. The van der Waals surface area contributed by atoms with Crippen molar-refractivity contribution in [1.29, 1.82) is 0 Å². The molecular formula is C16H12ClN. The summed E-state index contributed by atoms with van der Waals surface area (Å²) < 4.78 is 0. The van der Waals surface area contributed by atoms with Gasteiger partial charge in [-0.2, -0.15) is 0 Å². The molecule has 1 nitrogen and oxygen atoms in total. The molecule has 18 heavy (non-hydrogen) atoms.